The van der Waals surface area contributed by atoms with E-state index < -0.39 is 11.6 Å². The van der Waals surface area contributed by atoms with Crippen molar-refractivity contribution in [2.24, 2.45) is 0 Å². The second-order valence-corrected chi connectivity index (χ2v) is 5.53. The summed E-state index contributed by atoms with van der Waals surface area (Å²) in [6.07, 6.45) is 2.06. The van der Waals surface area contributed by atoms with Crippen LogP contribution in [0.3, 0.4) is 0 Å². The molecule has 0 saturated carbocycles. The van der Waals surface area contributed by atoms with Crippen molar-refractivity contribution in [3.63, 3.8) is 0 Å². The summed E-state index contributed by atoms with van der Waals surface area (Å²) in [5, 5.41) is 3.15. The Bertz CT molecular complexity index is 932. The van der Waals surface area contributed by atoms with E-state index in [4.69, 9.17) is 4.74 Å². The maximum Gasteiger partial charge on any atom is 0.161 e. The highest BCUT2D eigenvalue weighted by atomic mass is 19.2. The number of fused-ring (bicyclic) bond motifs is 2. The van der Waals surface area contributed by atoms with Crippen molar-refractivity contribution in [3.05, 3.63) is 59.5 Å². The van der Waals surface area contributed by atoms with Gasteiger partial charge in [0, 0.05) is 24.1 Å². The predicted molar refractivity (Wildman–Crippen MR) is 82.3 cm³/mol. The number of ether oxygens (including phenoxy) is 1. The van der Waals surface area contributed by atoms with Gasteiger partial charge in [-0.25, -0.2) is 18.2 Å². The fourth-order valence-electron chi connectivity index (χ4n) is 2.77. The summed E-state index contributed by atoms with van der Waals surface area (Å²) >= 11 is 0. The molecule has 0 fully saturated rings. The van der Waals surface area contributed by atoms with Gasteiger partial charge in [0.15, 0.2) is 11.6 Å². The Balaban J connectivity index is 1.68. The van der Waals surface area contributed by atoms with Crippen molar-refractivity contribution in [3.8, 4) is 5.75 Å². The molecule has 3 aromatic rings. The van der Waals surface area contributed by atoms with E-state index in [0.29, 0.717) is 30.2 Å². The molecule has 2 aromatic carbocycles. The van der Waals surface area contributed by atoms with Gasteiger partial charge in [0.2, 0.25) is 0 Å². The number of aromatic nitrogens is 2. The number of nitrogens with zero attached hydrogens (tertiary/aromatic N) is 2. The molecule has 24 heavy (non-hydrogen) atoms. The lowest BCUT2D eigenvalue weighted by molar-refractivity contribution is 0.273. The summed E-state index contributed by atoms with van der Waals surface area (Å²) < 4.78 is 45.6. The van der Waals surface area contributed by atoms with Crippen molar-refractivity contribution in [1.82, 2.24) is 9.97 Å². The van der Waals surface area contributed by atoms with Crippen molar-refractivity contribution in [2.45, 2.75) is 12.5 Å². The summed E-state index contributed by atoms with van der Waals surface area (Å²) in [5.41, 5.74) is 1.19. The lowest BCUT2D eigenvalue weighted by atomic mass is 10.0. The quantitative estimate of drug-likeness (QED) is 0.771. The number of hydrogen-bond donors (Lipinski definition) is 1. The van der Waals surface area contributed by atoms with Crippen LogP contribution in [0.15, 0.2) is 36.5 Å². The Hall–Kier alpha value is -2.83. The van der Waals surface area contributed by atoms with Gasteiger partial charge in [0.25, 0.3) is 0 Å². The smallest absolute Gasteiger partial charge is 0.161 e. The molecule has 4 rings (SSSR count). The first-order valence-electron chi connectivity index (χ1n) is 7.41. The maximum atomic E-state index is 13.5. The minimum Gasteiger partial charge on any atom is -0.493 e. The number of nitrogens with one attached hydrogen (secondary N) is 1. The van der Waals surface area contributed by atoms with E-state index in [1.54, 1.807) is 6.07 Å². The molecule has 0 bridgehead atoms. The third-order valence-electron chi connectivity index (χ3n) is 3.92. The molecular weight excluding hydrogens is 319 g/mol. The molecule has 7 heteroatoms. The molecule has 1 aromatic heterocycles. The summed E-state index contributed by atoms with van der Waals surface area (Å²) in [6.45, 7) is 0.483. The van der Waals surface area contributed by atoms with Crippen LogP contribution in [0.25, 0.3) is 11.0 Å². The lowest BCUT2D eigenvalue weighted by Crippen LogP contribution is -2.21. The minimum atomic E-state index is -0.979. The van der Waals surface area contributed by atoms with Crippen molar-refractivity contribution in [2.75, 3.05) is 11.9 Å². The molecule has 1 N–H and O–H groups in total. The molecule has 0 aliphatic carbocycles. The number of halogens is 3. The van der Waals surface area contributed by atoms with Crippen LogP contribution in [-0.2, 0) is 0 Å². The molecule has 1 aliphatic heterocycles. The van der Waals surface area contributed by atoms with E-state index in [1.165, 1.54) is 18.3 Å². The second-order valence-electron chi connectivity index (χ2n) is 5.53. The van der Waals surface area contributed by atoms with E-state index in [0.717, 1.165) is 12.1 Å². The first-order valence-corrected chi connectivity index (χ1v) is 7.41. The van der Waals surface area contributed by atoms with Gasteiger partial charge >= 0.3 is 0 Å². The van der Waals surface area contributed by atoms with Crippen molar-refractivity contribution in [1.29, 1.82) is 0 Å². The molecule has 0 spiro atoms. The van der Waals surface area contributed by atoms with Crippen LogP contribution in [-0.4, -0.2) is 16.6 Å². The molecule has 1 unspecified atom stereocenters. The first kappa shape index (κ1) is 14.7. The summed E-state index contributed by atoms with van der Waals surface area (Å²) in [4.78, 5) is 8.34. The Kier molecular flexibility index (Phi) is 3.48. The van der Waals surface area contributed by atoms with Gasteiger partial charge in [-0.05, 0) is 18.2 Å². The van der Waals surface area contributed by atoms with Gasteiger partial charge < -0.3 is 10.1 Å². The Morgan fingerprint density at radius 3 is 2.67 bits per heavy atom. The average molecular weight is 331 g/mol. The molecule has 1 aliphatic rings. The van der Waals surface area contributed by atoms with Crippen molar-refractivity contribution >= 4 is 16.9 Å². The summed E-state index contributed by atoms with van der Waals surface area (Å²) in [5.74, 6) is -1.29. The third kappa shape index (κ3) is 2.62. The van der Waals surface area contributed by atoms with Gasteiger partial charge in [-0.3, -0.25) is 4.98 Å². The number of hydrogen-bond acceptors (Lipinski definition) is 4. The van der Waals surface area contributed by atoms with Crippen LogP contribution in [0.2, 0.25) is 0 Å². The molecule has 2 heterocycles. The van der Waals surface area contributed by atoms with Crippen LogP contribution in [0.4, 0.5) is 19.0 Å². The van der Waals surface area contributed by atoms with E-state index in [9.17, 15) is 13.2 Å². The van der Waals surface area contributed by atoms with Crippen molar-refractivity contribution < 1.29 is 17.9 Å². The molecular formula is C17H12F3N3O. The van der Waals surface area contributed by atoms with E-state index in [1.807, 2.05) is 0 Å². The highest BCUT2D eigenvalue weighted by molar-refractivity contribution is 5.75. The average Bonchev–Trinajstić information content (AvgIpc) is 2.57. The minimum absolute atomic E-state index is 0.207. The number of rotatable bonds is 2. The van der Waals surface area contributed by atoms with Gasteiger partial charge in [-0.1, -0.05) is 0 Å². The Labute approximate surface area is 135 Å². The van der Waals surface area contributed by atoms with E-state index in [2.05, 4.69) is 15.3 Å². The fraction of sp³-hybridized carbons (Fsp3) is 0.176. The zero-order chi connectivity index (χ0) is 16.7. The van der Waals surface area contributed by atoms with Gasteiger partial charge in [0.1, 0.15) is 17.4 Å². The zero-order valence-electron chi connectivity index (χ0n) is 12.4. The predicted octanol–water partition coefficient (Wildman–Crippen LogP) is 3.98. The Morgan fingerprint density at radius 2 is 1.83 bits per heavy atom. The molecule has 0 radical (unpaired) electrons. The molecule has 1 atom stereocenters. The van der Waals surface area contributed by atoms with Crippen LogP contribution >= 0.6 is 0 Å². The van der Waals surface area contributed by atoms with Crippen LogP contribution in [0.1, 0.15) is 18.0 Å². The largest absolute Gasteiger partial charge is 0.493 e. The topological polar surface area (TPSA) is 47.0 Å². The van der Waals surface area contributed by atoms with Gasteiger partial charge in [0.05, 0.1) is 29.9 Å². The first-order chi connectivity index (χ1) is 11.6. The summed E-state index contributed by atoms with van der Waals surface area (Å²) in [6, 6.07) is 6.13. The Morgan fingerprint density at radius 1 is 1.04 bits per heavy atom. The number of benzene rings is 2. The van der Waals surface area contributed by atoms with E-state index >= 15 is 0 Å². The highest BCUT2D eigenvalue weighted by Crippen LogP contribution is 2.34. The SMILES string of the molecule is Fc1ccc2c(c1)C(Nc1cnc3cc(F)c(F)cc3n1)CCO2. The van der Waals surface area contributed by atoms with Crippen LogP contribution < -0.4 is 10.1 Å². The second kappa shape index (κ2) is 5.67. The standard InChI is InChI=1S/C17H12F3N3O/c18-9-1-2-16-10(5-9)13(3-4-24-16)22-17-8-21-14-6-11(19)12(20)7-15(14)23-17/h1-2,5-8,13H,3-4H2,(H,22,23). The molecule has 0 saturated heterocycles. The van der Waals surface area contributed by atoms with Crippen LogP contribution in [0.5, 0.6) is 5.75 Å². The third-order valence-corrected chi connectivity index (χ3v) is 3.92. The van der Waals surface area contributed by atoms with Crippen LogP contribution in [0, 0.1) is 17.5 Å². The zero-order valence-corrected chi connectivity index (χ0v) is 12.4. The maximum absolute atomic E-state index is 13.5. The fourth-order valence-corrected chi connectivity index (χ4v) is 2.77. The highest BCUT2D eigenvalue weighted by Gasteiger charge is 2.22. The van der Waals surface area contributed by atoms with Gasteiger partial charge in [-0.15, -0.1) is 0 Å². The monoisotopic (exact) mass is 331 g/mol. The normalized spacial score (nSPS) is 16.5. The number of anilines is 1. The summed E-state index contributed by atoms with van der Waals surface area (Å²) in [7, 11) is 0. The van der Waals surface area contributed by atoms with E-state index in [-0.39, 0.29) is 22.9 Å². The molecule has 0 amide bonds. The molecule has 4 nitrogen and oxygen atoms in total. The van der Waals surface area contributed by atoms with Gasteiger partial charge in [-0.2, -0.15) is 0 Å². The molecule has 122 valence electrons. The lowest BCUT2D eigenvalue weighted by Gasteiger charge is -2.27.